The first-order valence-electron chi connectivity index (χ1n) is 9.36. The van der Waals surface area contributed by atoms with Gasteiger partial charge in [0.15, 0.2) is 17.2 Å². The van der Waals surface area contributed by atoms with Crippen LogP contribution in [0.5, 0.6) is 0 Å². The van der Waals surface area contributed by atoms with E-state index in [2.05, 4.69) is 35.2 Å². The first kappa shape index (κ1) is 16.5. The average molecular weight is 393 g/mol. The number of aromatic nitrogens is 9. The minimum atomic E-state index is 0.607. The second kappa shape index (κ2) is 6.31. The van der Waals surface area contributed by atoms with Crippen LogP contribution in [0.25, 0.3) is 56.1 Å². The lowest BCUT2D eigenvalue weighted by Crippen LogP contribution is -1.87. The highest BCUT2D eigenvalue weighted by molar-refractivity contribution is 5.94. The highest BCUT2D eigenvalue weighted by Gasteiger charge is 2.17. The Hall–Kier alpha value is -4.40. The maximum atomic E-state index is 4.81. The van der Waals surface area contributed by atoms with Crippen LogP contribution in [0.1, 0.15) is 0 Å². The van der Waals surface area contributed by atoms with Crippen molar-refractivity contribution >= 4 is 22.2 Å². The zero-order valence-electron chi connectivity index (χ0n) is 15.9. The van der Waals surface area contributed by atoms with Gasteiger partial charge in [0.05, 0.1) is 22.9 Å². The molecule has 0 saturated carbocycles. The van der Waals surface area contributed by atoms with E-state index in [9.17, 15) is 0 Å². The molecule has 0 bridgehead atoms. The number of imidazole rings is 1. The first-order chi connectivity index (χ1) is 14.8. The molecule has 0 spiro atoms. The normalized spacial score (nSPS) is 11.5. The summed E-state index contributed by atoms with van der Waals surface area (Å²) in [4.78, 5) is 21.5. The van der Waals surface area contributed by atoms with Crippen molar-refractivity contribution in [2.24, 2.45) is 7.05 Å². The zero-order valence-corrected chi connectivity index (χ0v) is 15.9. The minimum Gasteiger partial charge on any atom is -0.335 e. The second-order valence-electron chi connectivity index (χ2n) is 6.95. The van der Waals surface area contributed by atoms with E-state index in [1.165, 1.54) is 0 Å². The summed E-state index contributed by atoms with van der Waals surface area (Å²) >= 11 is 0. The lowest BCUT2D eigenvalue weighted by molar-refractivity contribution is 0.768. The maximum Gasteiger partial charge on any atom is 0.178 e. The van der Waals surface area contributed by atoms with Crippen molar-refractivity contribution in [3.63, 3.8) is 0 Å². The molecule has 9 nitrogen and oxygen atoms in total. The topological polar surface area (TPSA) is 114 Å². The number of aryl methyl sites for hydroxylation is 1. The molecule has 0 aromatic carbocycles. The van der Waals surface area contributed by atoms with Crippen LogP contribution in [-0.2, 0) is 7.05 Å². The van der Waals surface area contributed by atoms with E-state index in [-0.39, 0.29) is 0 Å². The summed E-state index contributed by atoms with van der Waals surface area (Å²) in [5, 5.41) is 11.7. The van der Waals surface area contributed by atoms with Crippen molar-refractivity contribution in [2.75, 3.05) is 0 Å². The third kappa shape index (κ3) is 2.56. The molecule has 0 saturated heterocycles. The average Bonchev–Trinajstić information content (AvgIpc) is 3.50. The molecule has 2 N–H and O–H groups in total. The Bertz CT molecular complexity index is 1510. The minimum absolute atomic E-state index is 0.607. The van der Waals surface area contributed by atoms with Gasteiger partial charge in [-0.3, -0.25) is 14.8 Å². The summed E-state index contributed by atoms with van der Waals surface area (Å²) < 4.78 is 1.75. The number of nitrogens with one attached hydrogen (secondary N) is 2. The summed E-state index contributed by atoms with van der Waals surface area (Å²) in [7, 11) is 1.88. The summed E-state index contributed by atoms with van der Waals surface area (Å²) in [6.07, 6.45) is 9.04. The molecular weight excluding hydrogens is 378 g/mol. The summed E-state index contributed by atoms with van der Waals surface area (Å²) in [5.74, 6) is 0.607. The van der Waals surface area contributed by atoms with E-state index in [0.29, 0.717) is 17.2 Å². The SMILES string of the molecule is Cn1cc(-c2ccc3[nH]nc(-c4nc5nccc(-c6cccnc6)c5[nH]4)c3n2)cn1. The molecule has 0 aliphatic rings. The van der Waals surface area contributed by atoms with Crippen LogP contribution in [0.4, 0.5) is 0 Å². The van der Waals surface area contributed by atoms with E-state index in [0.717, 1.165) is 38.9 Å². The quantitative estimate of drug-likeness (QED) is 0.477. The van der Waals surface area contributed by atoms with Crippen molar-refractivity contribution in [1.29, 1.82) is 0 Å². The predicted octanol–water partition coefficient (Wildman–Crippen LogP) is 3.36. The lowest BCUT2D eigenvalue weighted by atomic mass is 10.1. The van der Waals surface area contributed by atoms with Gasteiger partial charge in [0.1, 0.15) is 5.52 Å². The molecule has 6 heterocycles. The predicted molar refractivity (Wildman–Crippen MR) is 112 cm³/mol. The number of hydrogen-bond acceptors (Lipinski definition) is 6. The Labute approximate surface area is 169 Å². The number of hydrogen-bond donors (Lipinski definition) is 2. The third-order valence-electron chi connectivity index (χ3n) is 5.00. The Kier molecular flexibility index (Phi) is 3.48. The molecule has 0 aliphatic carbocycles. The summed E-state index contributed by atoms with van der Waals surface area (Å²) in [6, 6.07) is 9.77. The van der Waals surface area contributed by atoms with E-state index < -0.39 is 0 Å². The van der Waals surface area contributed by atoms with Gasteiger partial charge in [-0.15, -0.1) is 0 Å². The molecule has 0 atom stereocenters. The standard InChI is InChI=1S/C21H15N9/c1-30-11-13(10-24-30)15-4-5-16-18(25-15)19(29-28-16)21-26-17-14(6-8-23-20(17)27-21)12-3-2-7-22-9-12/h2-11H,1H3,(H,28,29)(H,23,26,27). The molecule has 0 amide bonds. The Morgan fingerprint density at radius 1 is 0.967 bits per heavy atom. The molecule has 0 aliphatic heterocycles. The van der Waals surface area contributed by atoms with Crippen molar-refractivity contribution in [3.8, 4) is 33.9 Å². The van der Waals surface area contributed by atoms with Crippen LogP contribution < -0.4 is 0 Å². The van der Waals surface area contributed by atoms with E-state index in [1.54, 1.807) is 23.3 Å². The molecule has 0 radical (unpaired) electrons. The van der Waals surface area contributed by atoms with Gasteiger partial charge < -0.3 is 4.98 Å². The lowest BCUT2D eigenvalue weighted by Gasteiger charge is -2.01. The van der Waals surface area contributed by atoms with Crippen LogP contribution in [-0.4, -0.2) is 44.9 Å². The van der Waals surface area contributed by atoms with Crippen LogP contribution in [0.3, 0.4) is 0 Å². The first-order valence-corrected chi connectivity index (χ1v) is 9.36. The number of nitrogens with zero attached hydrogens (tertiary/aromatic N) is 7. The van der Waals surface area contributed by atoms with Gasteiger partial charge in [0.25, 0.3) is 0 Å². The highest BCUT2D eigenvalue weighted by Crippen LogP contribution is 2.30. The van der Waals surface area contributed by atoms with Gasteiger partial charge in [0.2, 0.25) is 0 Å². The smallest absolute Gasteiger partial charge is 0.178 e. The number of pyridine rings is 3. The zero-order chi connectivity index (χ0) is 20.1. The number of fused-ring (bicyclic) bond motifs is 2. The van der Waals surface area contributed by atoms with E-state index in [1.807, 2.05) is 49.8 Å². The van der Waals surface area contributed by atoms with Crippen LogP contribution >= 0.6 is 0 Å². The van der Waals surface area contributed by atoms with Gasteiger partial charge >= 0.3 is 0 Å². The van der Waals surface area contributed by atoms with Gasteiger partial charge in [-0.2, -0.15) is 10.2 Å². The Balaban J connectivity index is 1.52. The van der Waals surface area contributed by atoms with Crippen molar-refractivity contribution in [1.82, 2.24) is 44.9 Å². The van der Waals surface area contributed by atoms with Crippen molar-refractivity contribution in [2.45, 2.75) is 0 Å². The molecule has 6 aromatic rings. The fraction of sp³-hybridized carbons (Fsp3) is 0.0476. The number of rotatable bonds is 3. The molecule has 30 heavy (non-hydrogen) atoms. The monoisotopic (exact) mass is 393 g/mol. The van der Waals surface area contributed by atoms with Crippen molar-refractivity contribution < 1.29 is 0 Å². The van der Waals surface area contributed by atoms with Gasteiger partial charge in [-0.05, 0) is 24.3 Å². The Morgan fingerprint density at radius 3 is 2.77 bits per heavy atom. The van der Waals surface area contributed by atoms with Crippen LogP contribution in [0.2, 0.25) is 0 Å². The molecule has 144 valence electrons. The van der Waals surface area contributed by atoms with Gasteiger partial charge in [-0.1, -0.05) is 6.07 Å². The maximum absolute atomic E-state index is 4.81. The summed E-state index contributed by atoms with van der Waals surface area (Å²) in [5.41, 5.74) is 7.40. The fourth-order valence-electron chi connectivity index (χ4n) is 3.56. The van der Waals surface area contributed by atoms with Gasteiger partial charge in [0, 0.05) is 48.5 Å². The number of H-pyrrole nitrogens is 2. The molecule has 0 unspecified atom stereocenters. The largest absolute Gasteiger partial charge is 0.335 e. The van der Waals surface area contributed by atoms with Crippen LogP contribution in [0.15, 0.2) is 61.3 Å². The van der Waals surface area contributed by atoms with Crippen LogP contribution in [0, 0.1) is 0 Å². The second-order valence-corrected chi connectivity index (χ2v) is 6.95. The molecule has 9 heteroatoms. The van der Waals surface area contributed by atoms with Crippen molar-refractivity contribution in [3.05, 3.63) is 61.3 Å². The van der Waals surface area contributed by atoms with Gasteiger partial charge in [-0.25, -0.2) is 15.0 Å². The Morgan fingerprint density at radius 2 is 1.93 bits per heavy atom. The van der Waals surface area contributed by atoms with E-state index >= 15 is 0 Å². The molecule has 6 aromatic heterocycles. The summed E-state index contributed by atoms with van der Waals surface area (Å²) in [6.45, 7) is 0. The number of aromatic amines is 2. The van der Waals surface area contributed by atoms with E-state index in [4.69, 9.17) is 4.98 Å². The highest BCUT2D eigenvalue weighted by atomic mass is 15.2. The molecule has 6 rings (SSSR count). The molecule has 0 fully saturated rings. The fourth-order valence-corrected chi connectivity index (χ4v) is 3.56. The molecular formula is C21H15N9. The third-order valence-corrected chi connectivity index (χ3v) is 5.00.